The highest BCUT2D eigenvalue weighted by Crippen LogP contribution is 2.36. The number of nitrogens with zero attached hydrogens (tertiary/aromatic N) is 1. The van der Waals surface area contributed by atoms with Gasteiger partial charge in [0.05, 0.1) is 4.92 Å². The average Bonchev–Trinajstić information content (AvgIpc) is 3.42. The maximum absolute atomic E-state index is 12.8. The topological polar surface area (TPSA) is 123 Å². The predicted octanol–water partition coefficient (Wildman–Crippen LogP) is 5.17. The first kappa shape index (κ1) is 27.2. The maximum Gasteiger partial charge on any atom is 0.271 e. The Kier molecular flexibility index (Phi) is 9.02. The third-order valence-corrected chi connectivity index (χ3v) is 8.57. The number of hydrogen-bond acceptors (Lipinski definition) is 7. The number of hydrogen-bond donors (Lipinski definition) is 3. The van der Waals surface area contributed by atoms with Crippen LogP contribution in [0.1, 0.15) is 5.56 Å². The highest BCUT2D eigenvalue weighted by Gasteiger charge is 2.18. The van der Waals surface area contributed by atoms with Gasteiger partial charge in [-0.25, -0.2) is 13.1 Å². The van der Waals surface area contributed by atoms with E-state index in [9.17, 15) is 18.5 Å². The molecule has 1 aromatic heterocycles. The second-order valence-electron chi connectivity index (χ2n) is 7.98. The Hall–Kier alpha value is -3.84. The fourth-order valence-electron chi connectivity index (χ4n) is 3.45. The van der Waals surface area contributed by atoms with E-state index in [1.165, 1.54) is 12.1 Å². The molecular weight excluding hydrogens is 545 g/mol. The average molecular weight is 569 g/mol. The molecule has 0 amide bonds. The predicted molar refractivity (Wildman–Crippen MR) is 153 cm³/mol. The van der Waals surface area contributed by atoms with Gasteiger partial charge in [-0.3, -0.25) is 10.1 Å². The summed E-state index contributed by atoms with van der Waals surface area (Å²) in [6, 6.07) is 26.6. The first-order chi connectivity index (χ1) is 18.3. The molecular formula is C26H24N4O5S3. The van der Waals surface area contributed by atoms with Crippen LogP contribution < -0.4 is 20.1 Å². The number of sulfonamides is 1. The molecule has 0 saturated carbocycles. The third kappa shape index (κ3) is 7.35. The van der Waals surface area contributed by atoms with Gasteiger partial charge in [-0.15, -0.1) is 11.3 Å². The van der Waals surface area contributed by atoms with Crippen LogP contribution in [0.5, 0.6) is 5.75 Å². The van der Waals surface area contributed by atoms with Gasteiger partial charge in [0.25, 0.3) is 5.69 Å². The van der Waals surface area contributed by atoms with Crippen molar-refractivity contribution in [3.05, 3.63) is 107 Å². The van der Waals surface area contributed by atoms with Crippen molar-refractivity contribution in [3.8, 4) is 16.2 Å². The number of anilines is 1. The molecule has 0 saturated heterocycles. The normalized spacial score (nSPS) is 11.1. The highest BCUT2D eigenvalue weighted by atomic mass is 32.2. The molecule has 0 aliphatic carbocycles. The number of rotatable bonds is 11. The number of ether oxygens (including phenoxy) is 1. The molecule has 12 heteroatoms. The Bertz CT molecular complexity index is 1520. The molecule has 0 atom stereocenters. The lowest BCUT2D eigenvalue weighted by molar-refractivity contribution is -0.384. The van der Waals surface area contributed by atoms with Crippen molar-refractivity contribution < 1.29 is 18.1 Å². The summed E-state index contributed by atoms with van der Waals surface area (Å²) >= 11 is 6.34. The SMILES string of the molecule is O=[N+]([O-])c1cccc(NC(=S)NCCNS(=O)(=O)c2ccc(-c3ccccc3OCc3ccccc3)s2)c1. The van der Waals surface area contributed by atoms with Gasteiger partial charge in [-0.2, -0.15) is 0 Å². The quantitative estimate of drug-likeness (QED) is 0.0981. The van der Waals surface area contributed by atoms with Crippen molar-refractivity contribution in [1.82, 2.24) is 10.0 Å². The molecule has 4 rings (SSSR count). The van der Waals surface area contributed by atoms with Gasteiger partial charge in [0.1, 0.15) is 16.6 Å². The highest BCUT2D eigenvalue weighted by molar-refractivity contribution is 7.91. The van der Waals surface area contributed by atoms with E-state index in [4.69, 9.17) is 17.0 Å². The molecule has 4 aromatic rings. The fourth-order valence-corrected chi connectivity index (χ4v) is 6.08. The monoisotopic (exact) mass is 568 g/mol. The van der Waals surface area contributed by atoms with Crippen LogP contribution in [0, 0.1) is 10.1 Å². The van der Waals surface area contributed by atoms with Crippen molar-refractivity contribution >= 4 is 50.1 Å². The van der Waals surface area contributed by atoms with Crippen LogP contribution in [0.3, 0.4) is 0 Å². The van der Waals surface area contributed by atoms with E-state index in [0.717, 1.165) is 27.3 Å². The summed E-state index contributed by atoms with van der Waals surface area (Å²) in [5.74, 6) is 0.670. The number of thiocarbonyl (C=S) groups is 1. The summed E-state index contributed by atoms with van der Waals surface area (Å²) in [5.41, 5.74) is 2.24. The molecule has 196 valence electrons. The van der Waals surface area contributed by atoms with E-state index in [0.29, 0.717) is 18.0 Å². The standard InChI is InChI=1S/C26H24N4O5S3/c31-30(32)21-10-6-9-20(17-21)29-26(36)27-15-16-28-38(33,34)25-14-13-24(37-25)22-11-4-5-12-23(22)35-18-19-7-2-1-3-8-19/h1-14,17,28H,15-16,18H2,(H2,27,29,36). The second-order valence-corrected chi connectivity index (χ2v) is 11.5. The summed E-state index contributed by atoms with van der Waals surface area (Å²) in [7, 11) is -3.74. The lowest BCUT2D eigenvalue weighted by atomic mass is 10.1. The van der Waals surface area contributed by atoms with Crippen molar-refractivity contribution in [3.63, 3.8) is 0 Å². The Morgan fingerprint density at radius 3 is 2.50 bits per heavy atom. The molecule has 3 aromatic carbocycles. The zero-order chi connectivity index (χ0) is 27.0. The van der Waals surface area contributed by atoms with Crippen molar-refractivity contribution in [2.75, 3.05) is 18.4 Å². The third-order valence-electron chi connectivity index (χ3n) is 5.25. The Balaban J connectivity index is 1.31. The van der Waals surface area contributed by atoms with Crippen LogP contribution in [0.15, 0.2) is 95.2 Å². The van der Waals surface area contributed by atoms with E-state index in [1.807, 2.05) is 54.6 Å². The van der Waals surface area contributed by atoms with Crippen LogP contribution in [-0.2, 0) is 16.6 Å². The number of thiophene rings is 1. The molecule has 1 heterocycles. The number of para-hydroxylation sites is 1. The van der Waals surface area contributed by atoms with E-state index in [2.05, 4.69) is 15.4 Å². The molecule has 9 nitrogen and oxygen atoms in total. The van der Waals surface area contributed by atoms with Gasteiger partial charge < -0.3 is 15.4 Å². The van der Waals surface area contributed by atoms with E-state index < -0.39 is 14.9 Å². The van der Waals surface area contributed by atoms with E-state index in [1.54, 1.807) is 24.3 Å². The van der Waals surface area contributed by atoms with Gasteiger partial charge in [0.2, 0.25) is 10.0 Å². The zero-order valence-corrected chi connectivity index (χ0v) is 22.4. The summed E-state index contributed by atoms with van der Waals surface area (Å²) in [4.78, 5) is 11.2. The fraction of sp³-hybridized carbons (Fsp3) is 0.115. The molecule has 38 heavy (non-hydrogen) atoms. The van der Waals surface area contributed by atoms with Crippen molar-refractivity contribution in [1.29, 1.82) is 0 Å². The smallest absolute Gasteiger partial charge is 0.271 e. The summed E-state index contributed by atoms with van der Waals surface area (Å²) in [5, 5.41) is 16.8. The first-order valence-electron chi connectivity index (χ1n) is 11.5. The lowest BCUT2D eigenvalue weighted by Crippen LogP contribution is -2.36. The number of benzene rings is 3. The van der Waals surface area contributed by atoms with Gasteiger partial charge in [0, 0.05) is 41.4 Å². The Labute approximate surface area is 229 Å². The molecule has 0 spiro atoms. The van der Waals surface area contributed by atoms with E-state index >= 15 is 0 Å². The summed E-state index contributed by atoms with van der Waals surface area (Å²) < 4.78 is 34.4. The van der Waals surface area contributed by atoms with E-state index in [-0.39, 0.29) is 28.1 Å². The lowest BCUT2D eigenvalue weighted by Gasteiger charge is -2.11. The van der Waals surface area contributed by atoms with Gasteiger partial charge >= 0.3 is 0 Å². The van der Waals surface area contributed by atoms with Crippen molar-refractivity contribution in [2.24, 2.45) is 0 Å². The molecule has 0 radical (unpaired) electrons. The zero-order valence-electron chi connectivity index (χ0n) is 20.0. The number of non-ortho nitro benzene ring substituents is 1. The van der Waals surface area contributed by atoms with Crippen LogP contribution >= 0.6 is 23.6 Å². The molecule has 0 unspecified atom stereocenters. The number of nitro groups is 1. The van der Waals surface area contributed by atoms with Crippen LogP contribution in [0.2, 0.25) is 0 Å². The van der Waals surface area contributed by atoms with Crippen LogP contribution in [0.25, 0.3) is 10.4 Å². The second kappa shape index (κ2) is 12.6. The van der Waals surface area contributed by atoms with Crippen molar-refractivity contribution in [2.45, 2.75) is 10.8 Å². The molecule has 0 aliphatic heterocycles. The summed E-state index contributed by atoms with van der Waals surface area (Å²) in [6.07, 6.45) is 0. The molecule has 0 fully saturated rings. The first-order valence-corrected chi connectivity index (χ1v) is 14.2. The molecule has 3 N–H and O–H groups in total. The molecule has 0 bridgehead atoms. The van der Waals surface area contributed by atoms with Gasteiger partial charge in [-0.05, 0) is 48.1 Å². The number of nitrogens with one attached hydrogen (secondary N) is 3. The maximum atomic E-state index is 12.8. The Morgan fingerprint density at radius 1 is 0.947 bits per heavy atom. The largest absolute Gasteiger partial charge is 0.488 e. The minimum Gasteiger partial charge on any atom is -0.488 e. The van der Waals surface area contributed by atoms with Gasteiger partial charge in [-0.1, -0.05) is 48.5 Å². The Morgan fingerprint density at radius 2 is 1.71 bits per heavy atom. The van der Waals surface area contributed by atoms with Gasteiger partial charge in [0.15, 0.2) is 5.11 Å². The number of nitro benzene ring substituents is 1. The molecule has 0 aliphatic rings. The van der Waals surface area contributed by atoms with Crippen LogP contribution in [0.4, 0.5) is 11.4 Å². The minimum absolute atomic E-state index is 0.0637. The minimum atomic E-state index is -3.74. The van der Waals surface area contributed by atoms with Crippen LogP contribution in [-0.4, -0.2) is 31.5 Å². The summed E-state index contributed by atoms with van der Waals surface area (Å²) in [6.45, 7) is 0.707.